The molecule has 0 heterocycles. The van der Waals surface area contributed by atoms with Gasteiger partial charge in [-0.25, -0.2) is 0 Å². The van der Waals surface area contributed by atoms with Crippen molar-refractivity contribution in [3.8, 4) is 0 Å². The number of nitrogens with one attached hydrogen (secondary N) is 1. The molecule has 0 aromatic rings. The minimum absolute atomic E-state index is 0.251. The van der Waals surface area contributed by atoms with Crippen molar-refractivity contribution in [1.82, 2.24) is 5.32 Å². The lowest BCUT2D eigenvalue weighted by atomic mass is 10.1. The summed E-state index contributed by atoms with van der Waals surface area (Å²) in [6.45, 7) is 4.40. The zero-order valence-electron chi connectivity index (χ0n) is 26.0. The van der Waals surface area contributed by atoms with Crippen LogP contribution < -0.4 is 5.32 Å². The Morgan fingerprint density at radius 3 is 1.68 bits per heavy atom. The average molecular weight is 600 g/mol. The fraction of sp³-hybridized carbons (Fsp3) is 0.788. The van der Waals surface area contributed by atoms with Gasteiger partial charge in [-0.2, -0.15) is 8.42 Å². The molecule has 0 saturated carbocycles. The van der Waals surface area contributed by atoms with Crippen molar-refractivity contribution in [2.75, 3.05) is 5.75 Å². The van der Waals surface area contributed by atoms with E-state index in [1.54, 1.807) is 6.08 Å². The van der Waals surface area contributed by atoms with E-state index in [-0.39, 0.29) is 6.42 Å². The Balaban J connectivity index is 4.28. The maximum atomic E-state index is 12.4. The summed E-state index contributed by atoms with van der Waals surface area (Å²) in [6.07, 6.45) is 30.7. The summed E-state index contributed by atoms with van der Waals surface area (Å²) in [5, 5.41) is 23.1. The Morgan fingerprint density at radius 2 is 1.12 bits per heavy atom. The first-order valence-corrected chi connectivity index (χ1v) is 17.9. The molecule has 0 radical (unpaired) electrons. The van der Waals surface area contributed by atoms with Crippen molar-refractivity contribution in [2.24, 2.45) is 0 Å². The first-order valence-electron chi connectivity index (χ1n) is 16.3. The van der Waals surface area contributed by atoms with E-state index < -0.39 is 40.0 Å². The summed E-state index contributed by atoms with van der Waals surface area (Å²) < 4.78 is 32.2. The quantitative estimate of drug-likeness (QED) is 0.0417. The number of aliphatic hydroxyl groups is 2. The van der Waals surface area contributed by atoms with E-state index in [1.807, 2.05) is 0 Å². The number of amides is 1. The first-order chi connectivity index (χ1) is 19.7. The molecule has 8 heteroatoms. The number of rotatable bonds is 28. The molecule has 4 N–H and O–H groups in total. The first kappa shape index (κ1) is 39.5. The second kappa shape index (κ2) is 27.4. The van der Waals surface area contributed by atoms with Crippen LogP contribution >= 0.6 is 0 Å². The van der Waals surface area contributed by atoms with Crippen LogP contribution in [0.3, 0.4) is 0 Å². The number of carbonyl (C=O) groups excluding carboxylic acids is 1. The number of aliphatic hydroxyl groups excluding tert-OH is 2. The van der Waals surface area contributed by atoms with Crippen LogP contribution in [0.4, 0.5) is 0 Å². The number of allylic oxidation sites excluding steroid dienone is 5. The van der Waals surface area contributed by atoms with Crippen molar-refractivity contribution in [3.05, 3.63) is 36.5 Å². The van der Waals surface area contributed by atoms with Crippen LogP contribution in [0.15, 0.2) is 36.5 Å². The third-order valence-corrected chi connectivity index (χ3v) is 7.93. The fourth-order valence-electron chi connectivity index (χ4n) is 4.57. The molecule has 0 aliphatic heterocycles. The monoisotopic (exact) mass is 599 g/mol. The zero-order valence-corrected chi connectivity index (χ0v) is 26.8. The van der Waals surface area contributed by atoms with Gasteiger partial charge in [0.15, 0.2) is 0 Å². The molecule has 41 heavy (non-hydrogen) atoms. The van der Waals surface area contributed by atoms with E-state index in [9.17, 15) is 28.0 Å². The van der Waals surface area contributed by atoms with Gasteiger partial charge in [0.05, 0.1) is 17.9 Å². The standard InChI is InChI=1S/C33H61NO6S/c1-3-5-7-9-11-13-14-15-16-17-18-20-21-23-25-27-31(35)30(29-41(38,39)40)34-33(37)32(36)28-26-24-22-19-12-10-8-6-4-2/h10,12,18,20,25,27,30-32,35-36H,3-9,11,13-17,19,21-24,26,28-29H2,1-2H3,(H,34,37)(H,38,39,40)/b12-10-,20-18+,27-25+. The lowest BCUT2D eigenvalue weighted by Gasteiger charge is -2.22. The Bertz CT molecular complexity index is 809. The van der Waals surface area contributed by atoms with Crippen LogP contribution in [0, 0.1) is 0 Å². The van der Waals surface area contributed by atoms with Crippen molar-refractivity contribution in [3.63, 3.8) is 0 Å². The Labute approximate surface area is 251 Å². The van der Waals surface area contributed by atoms with Gasteiger partial charge in [0, 0.05) is 0 Å². The van der Waals surface area contributed by atoms with Crippen LogP contribution in [0.2, 0.25) is 0 Å². The summed E-state index contributed by atoms with van der Waals surface area (Å²) in [5.41, 5.74) is 0. The smallest absolute Gasteiger partial charge is 0.267 e. The molecule has 0 rings (SSSR count). The van der Waals surface area contributed by atoms with E-state index in [4.69, 9.17) is 0 Å². The topological polar surface area (TPSA) is 124 Å². The minimum atomic E-state index is -4.44. The van der Waals surface area contributed by atoms with Gasteiger partial charge in [0.1, 0.15) is 6.10 Å². The molecule has 0 bridgehead atoms. The van der Waals surface area contributed by atoms with Gasteiger partial charge in [0.2, 0.25) is 5.91 Å². The highest BCUT2D eigenvalue weighted by Gasteiger charge is 2.27. The summed E-state index contributed by atoms with van der Waals surface area (Å²) in [5.74, 6) is -1.58. The Kier molecular flexibility index (Phi) is 26.4. The van der Waals surface area contributed by atoms with E-state index in [1.165, 1.54) is 76.7 Å². The van der Waals surface area contributed by atoms with Crippen LogP contribution in [0.5, 0.6) is 0 Å². The predicted molar refractivity (Wildman–Crippen MR) is 171 cm³/mol. The molecule has 3 atom stereocenters. The van der Waals surface area contributed by atoms with Crippen LogP contribution in [-0.2, 0) is 14.9 Å². The fourth-order valence-corrected chi connectivity index (χ4v) is 5.30. The number of hydrogen-bond acceptors (Lipinski definition) is 5. The summed E-state index contributed by atoms with van der Waals surface area (Å²) in [4.78, 5) is 12.4. The van der Waals surface area contributed by atoms with Crippen LogP contribution in [0.1, 0.15) is 142 Å². The van der Waals surface area contributed by atoms with Crippen molar-refractivity contribution >= 4 is 16.0 Å². The van der Waals surface area contributed by atoms with Gasteiger partial charge in [-0.3, -0.25) is 9.35 Å². The van der Waals surface area contributed by atoms with Gasteiger partial charge in [-0.1, -0.05) is 127 Å². The molecule has 0 aliphatic carbocycles. The largest absolute Gasteiger partial charge is 0.387 e. The lowest BCUT2D eigenvalue weighted by Crippen LogP contribution is -2.50. The molecule has 0 fully saturated rings. The average Bonchev–Trinajstić information content (AvgIpc) is 2.92. The van der Waals surface area contributed by atoms with Crippen molar-refractivity contribution < 1.29 is 28.0 Å². The molecule has 3 unspecified atom stereocenters. The molecule has 0 spiro atoms. The number of carbonyl (C=O) groups is 1. The van der Waals surface area contributed by atoms with Gasteiger partial charge in [-0.05, 0) is 51.4 Å². The summed E-state index contributed by atoms with van der Waals surface area (Å²) in [6, 6.07) is -1.25. The maximum Gasteiger partial charge on any atom is 0.267 e. The van der Waals surface area contributed by atoms with Crippen molar-refractivity contribution in [2.45, 2.75) is 161 Å². The van der Waals surface area contributed by atoms with Gasteiger partial charge in [-0.15, -0.1) is 0 Å². The second-order valence-electron chi connectivity index (χ2n) is 11.2. The maximum absolute atomic E-state index is 12.4. The van der Waals surface area contributed by atoms with Crippen LogP contribution in [-0.4, -0.2) is 53.1 Å². The molecular formula is C33H61NO6S. The molecule has 0 saturated heterocycles. The molecule has 0 aromatic carbocycles. The Hall–Kier alpha value is -1.48. The van der Waals surface area contributed by atoms with E-state index in [2.05, 4.69) is 43.5 Å². The second-order valence-corrected chi connectivity index (χ2v) is 12.7. The summed E-state index contributed by atoms with van der Waals surface area (Å²) in [7, 11) is -4.44. The highest BCUT2D eigenvalue weighted by atomic mass is 32.2. The summed E-state index contributed by atoms with van der Waals surface area (Å²) >= 11 is 0. The minimum Gasteiger partial charge on any atom is -0.387 e. The highest BCUT2D eigenvalue weighted by molar-refractivity contribution is 7.85. The number of hydrogen-bond donors (Lipinski definition) is 4. The third kappa shape index (κ3) is 27.1. The zero-order chi connectivity index (χ0) is 30.6. The van der Waals surface area contributed by atoms with Gasteiger partial charge >= 0.3 is 0 Å². The van der Waals surface area contributed by atoms with E-state index in [0.717, 1.165) is 38.5 Å². The van der Waals surface area contributed by atoms with E-state index >= 15 is 0 Å². The molecule has 0 aromatic heterocycles. The van der Waals surface area contributed by atoms with Crippen LogP contribution in [0.25, 0.3) is 0 Å². The number of unbranched alkanes of at least 4 members (excludes halogenated alkanes) is 15. The molecule has 7 nitrogen and oxygen atoms in total. The Morgan fingerprint density at radius 1 is 0.659 bits per heavy atom. The van der Waals surface area contributed by atoms with E-state index in [0.29, 0.717) is 12.8 Å². The van der Waals surface area contributed by atoms with Gasteiger partial charge < -0.3 is 15.5 Å². The SMILES string of the molecule is CCCC/C=C\CCCCCC(O)C(=O)NC(CS(=O)(=O)O)C(O)/C=C/CC/C=C/CCCCCCCCCCC. The molecule has 0 aliphatic rings. The predicted octanol–water partition coefficient (Wildman–Crippen LogP) is 7.59. The lowest BCUT2D eigenvalue weighted by molar-refractivity contribution is -0.130. The normalized spacial score (nSPS) is 14.8. The van der Waals surface area contributed by atoms with Crippen molar-refractivity contribution in [1.29, 1.82) is 0 Å². The van der Waals surface area contributed by atoms with Gasteiger partial charge in [0.25, 0.3) is 10.1 Å². The molecule has 240 valence electrons. The molecular weight excluding hydrogens is 538 g/mol. The molecule has 1 amide bonds. The highest BCUT2D eigenvalue weighted by Crippen LogP contribution is 2.12. The third-order valence-electron chi connectivity index (χ3n) is 7.15.